The molecular formula is C22H21FNO5S3+. The van der Waals surface area contributed by atoms with Crippen LogP contribution in [0.1, 0.15) is 17.0 Å². The molecule has 0 unspecified atom stereocenters. The van der Waals surface area contributed by atoms with E-state index in [0.29, 0.717) is 12.1 Å². The van der Waals surface area contributed by atoms with E-state index in [1.807, 2.05) is 28.2 Å². The van der Waals surface area contributed by atoms with E-state index in [1.54, 1.807) is 36.7 Å². The molecular weight excluding hydrogens is 473 g/mol. The zero-order chi connectivity index (χ0) is 22.9. The molecule has 1 N–H and O–H groups in total. The van der Waals surface area contributed by atoms with Crippen LogP contribution in [0.25, 0.3) is 32.5 Å². The van der Waals surface area contributed by atoms with Crippen LogP contribution in [0, 0.1) is 5.82 Å². The fourth-order valence-electron chi connectivity index (χ4n) is 3.55. The number of fused-ring (bicyclic) bond motifs is 3. The number of aromatic nitrogens is 1. The molecule has 0 aliphatic heterocycles. The summed E-state index contributed by atoms with van der Waals surface area (Å²) in [7, 11) is -1.00. The van der Waals surface area contributed by atoms with E-state index in [9.17, 15) is 12.8 Å². The minimum Gasteiger partial charge on any atom is -0.496 e. The highest BCUT2D eigenvalue weighted by atomic mass is 32.2. The molecule has 0 spiro atoms. The van der Waals surface area contributed by atoms with Crippen molar-refractivity contribution in [2.45, 2.75) is 13.0 Å². The quantitative estimate of drug-likeness (QED) is 0.275. The Hall–Kier alpha value is -2.53. The molecule has 2 heterocycles. The molecule has 0 fully saturated rings. The van der Waals surface area contributed by atoms with Crippen molar-refractivity contribution in [2.24, 2.45) is 0 Å². The minimum atomic E-state index is -4.05. The van der Waals surface area contributed by atoms with E-state index in [0.717, 1.165) is 31.1 Å². The minimum absolute atomic E-state index is 0.177. The third-order valence-corrected chi connectivity index (χ3v) is 7.81. The van der Waals surface area contributed by atoms with Gasteiger partial charge in [0.25, 0.3) is 15.1 Å². The van der Waals surface area contributed by atoms with Gasteiger partial charge in [-0.05, 0) is 35.2 Å². The van der Waals surface area contributed by atoms with Gasteiger partial charge in [0.15, 0.2) is 18.1 Å². The van der Waals surface area contributed by atoms with Gasteiger partial charge in [0.05, 0.1) is 20.0 Å². The Morgan fingerprint density at radius 3 is 2.59 bits per heavy atom. The lowest BCUT2D eigenvalue weighted by Crippen LogP contribution is -2.36. The first kappa shape index (κ1) is 22.7. The zero-order valence-electron chi connectivity index (χ0n) is 17.4. The molecule has 0 atom stereocenters. The van der Waals surface area contributed by atoms with Crippen molar-refractivity contribution in [1.29, 1.82) is 0 Å². The molecule has 2 aromatic heterocycles. The van der Waals surface area contributed by atoms with Crippen molar-refractivity contribution in [1.82, 2.24) is 0 Å². The monoisotopic (exact) mass is 494 g/mol. The lowest BCUT2D eigenvalue weighted by Gasteiger charge is -2.02. The Kier molecular flexibility index (Phi) is 6.47. The van der Waals surface area contributed by atoms with Gasteiger partial charge in [0, 0.05) is 23.9 Å². The Labute approximate surface area is 192 Å². The van der Waals surface area contributed by atoms with Gasteiger partial charge in [-0.1, -0.05) is 17.4 Å². The van der Waals surface area contributed by atoms with Crippen LogP contribution in [0.4, 0.5) is 4.39 Å². The average Bonchev–Trinajstić information content (AvgIpc) is 3.35. The first-order chi connectivity index (χ1) is 15.3. The van der Waals surface area contributed by atoms with Crippen LogP contribution >= 0.6 is 22.7 Å². The maximum atomic E-state index is 14.1. The molecule has 0 radical (unpaired) electrons. The third kappa shape index (κ3) is 4.63. The Morgan fingerprint density at radius 2 is 1.91 bits per heavy atom. The number of thiophene rings is 1. The van der Waals surface area contributed by atoms with Crippen molar-refractivity contribution in [3.05, 3.63) is 52.1 Å². The molecule has 6 nitrogen and oxygen atoms in total. The SMILES string of the molecule is COc1ccc(/C=C/c2sc3cc(OC)c4ccsc4c3[n+]2CCCS(=O)(=O)O)cc1F. The second kappa shape index (κ2) is 9.14. The van der Waals surface area contributed by atoms with Gasteiger partial charge in [-0.3, -0.25) is 4.55 Å². The van der Waals surface area contributed by atoms with Gasteiger partial charge in [-0.2, -0.15) is 13.0 Å². The van der Waals surface area contributed by atoms with Gasteiger partial charge in [-0.15, -0.1) is 11.3 Å². The lowest BCUT2D eigenvalue weighted by molar-refractivity contribution is -0.667. The van der Waals surface area contributed by atoms with Crippen LogP contribution in [0.3, 0.4) is 0 Å². The summed E-state index contributed by atoms with van der Waals surface area (Å²) >= 11 is 3.12. The Balaban J connectivity index is 1.81. The number of nitrogens with zero attached hydrogens (tertiary/aromatic N) is 1. The summed E-state index contributed by atoms with van der Waals surface area (Å²) in [5.74, 6) is 0.176. The Bertz CT molecular complexity index is 1420. The number of aryl methyl sites for hydroxylation is 1. The number of benzene rings is 2. The maximum absolute atomic E-state index is 14.1. The summed E-state index contributed by atoms with van der Waals surface area (Å²) in [4.78, 5) is 0. The molecule has 0 bridgehead atoms. The highest BCUT2D eigenvalue weighted by molar-refractivity contribution is 7.85. The number of thiazole rings is 1. The van der Waals surface area contributed by atoms with Crippen LogP contribution in [0.5, 0.6) is 11.5 Å². The molecule has 2 aromatic carbocycles. The highest BCUT2D eigenvalue weighted by Crippen LogP contribution is 2.38. The first-order valence-electron chi connectivity index (χ1n) is 9.68. The number of hydrogen-bond donors (Lipinski definition) is 1. The number of rotatable bonds is 8. The molecule has 0 amide bonds. The van der Waals surface area contributed by atoms with E-state index in [-0.39, 0.29) is 17.9 Å². The van der Waals surface area contributed by atoms with Crippen LogP contribution in [0.2, 0.25) is 0 Å². The second-order valence-electron chi connectivity index (χ2n) is 7.05. The van der Waals surface area contributed by atoms with Gasteiger partial charge in [-0.25, -0.2) is 4.39 Å². The Morgan fingerprint density at radius 1 is 1.12 bits per heavy atom. The fourth-order valence-corrected chi connectivity index (χ4v) is 6.20. The summed E-state index contributed by atoms with van der Waals surface area (Å²) in [5.41, 5.74) is 1.65. The molecule has 168 valence electrons. The second-order valence-corrected chi connectivity index (χ2v) is 10.6. The summed E-state index contributed by atoms with van der Waals surface area (Å²) in [6.07, 6.45) is 3.94. The van der Waals surface area contributed by atoms with E-state index >= 15 is 0 Å². The molecule has 10 heteroatoms. The maximum Gasteiger partial charge on any atom is 0.265 e. The summed E-state index contributed by atoms with van der Waals surface area (Å²) in [6.45, 7) is 0.399. The van der Waals surface area contributed by atoms with Crippen molar-refractivity contribution < 1.29 is 31.4 Å². The molecule has 0 saturated heterocycles. The number of ether oxygens (including phenoxy) is 2. The van der Waals surface area contributed by atoms with Crippen molar-refractivity contribution in [3.63, 3.8) is 0 Å². The summed E-state index contributed by atoms with van der Waals surface area (Å²) < 4.78 is 60.3. The van der Waals surface area contributed by atoms with Crippen LogP contribution < -0.4 is 14.0 Å². The molecule has 32 heavy (non-hydrogen) atoms. The average molecular weight is 495 g/mol. The van der Waals surface area contributed by atoms with E-state index in [1.165, 1.54) is 24.5 Å². The molecule has 0 aliphatic rings. The van der Waals surface area contributed by atoms with Gasteiger partial charge in [0.2, 0.25) is 5.52 Å². The summed E-state index contributed by atoms with van der Waals surface area (Å²) in [5, 5.41) is 3.84. The van der Waals surface area contributed by atoms with Gasteiger partial charge >= 0.3 is 0 Å². The number of hydrogen-bond acceptors (Lipinski definition) is 6. The lowest BCUT2D eigenvalue weighted by atomic mass is 10.2. The van der Waals surface area contributed by atoms with Crippen molar-refractivity contribution in [3.8, 4) is 11.5 Å². The normalized spacial score (nSPS) is 12.2. The van der Waals surface area contributed by atoms with E-state index in [4.69, 9.17) is 14.0 Å². The largest absolute Gasteiger partial charge is 0.496 e. The highest BCUT2D eigenvalue weighted by Gasteiger charge is 2.24. The predicted octanol–water partition coefficient (Wildman–Crippen LogP) is 5.01. The third-order valence-electron chi connectivity index (χ3n) is 4.99. The molecule has 0 saturated carbocycles. The van der Waals surface area contributed by atoms with Crippen LogP contribution in [-0.4, -0.2) is 32.9 Å². The van der Waals surface area contributed by atoms with Crippen LogP contribution in [-0.2, 0) is 16.7 Å². The number of halogens is 1. The first-order valence-corrected chi connectivity index (χ1v) is 13.0. The van der Waals surface area contributed by atoms with Gasteiger partial charge in [0.1, 0.15) is 15.1 Å². The summed E-state index contributed by atoms with van der Waals surface area (Å²) in [6, 6.07) is 8.69. The van der Waals surface area contributed by atoms with E-state index in [2.05, 4.69) is 0 Å². The predicted molar refractivity (Wildman–Crippen MR) is 127 cm³/mol. The molecule has 0 aliphatic carbocycles. The number of methoxy groups -OCH3 is 2. The van der Waals surface area contributed by atoms with Crippen LogP contribution in [0.15, 0.2) is 35.7 Å². The van der Waals surface area contributed by atoms with Crippen molar-refractivity contribution in [2.75, 3.05) is 20.0 Å². The fraction of sp³-hybridized carbons (Fsp3) is 0.227. The van der Waals surface area contributed by atoms with Gasteiger partial charge < -0.3 is 9.47 Å². The smallest absolute Gasteiger partial charge is 0.265 e. The topological polar surface area (TPSA) is 76.7 Å². The van der Waals surface area contributed by atoms with Crippen molar-refractivity contribution >= 4 is 65.2 Å². The molecule has 4 aromatic rings. The zero-order valence-corrected chi connectivity index (χ0v) is 19.8. The standard InChI is InChI=1S/C22H20FNO5S3/c1-28-17-6-4-14(12-16(17)23)5-7-20-24(9-3-11-32(25,26)27)21-19(31-20)13-18(29-2)15-8-10-30-22(15)21/h4-8,10,12-13H,3,9,11H2,1-2H3/p+1/b7-5+. The van der Waals surface area contributed by atoms with E-state index < -0.39 is 15.9 Å². The molecule has 4 rings (SSSR count).